The maximum atomic E-state index is 12.1. The van der Waals surface area contributed by atoms with Crippen LogP contribution in [0.25, 0.3) is 0 Å². The molecular weight excluding hydrogens is 296 g/mol. The largest absolute Gasteiger partial charge is 0.488 e. The zero-order valence-electron chi connectivity index (χ0n) is 12.4. The minimum atomic E-state index is 0.0747. The summed E-state index contributed by atoms with van der Waals surface area (Å²) in [6.45, 7) is 0. The van der Waals surface area contributed by atoms with E-state index in [-0.39, 0.29) is 18.1 Å². The second-order valence-corrected chi connectivity index (χ2v) is 6.27. The number of aryl methyl sites for hydroxylation is 1. The van der Waals surface area contributed by atoms with Crippen molar-refractivity contribution in [3.8, 4) is 5.75 Å². The molecule has 1 fully saturated rings. The minimum Gasteiger partial charge on any atom is -0.488 e. The van der Waals surface area contributed by atoms with Crippen molar-refractivity contribution in [2.45, 2.75) is 44.2 Å². The van der Waals surface area contributed by atoms with Gasteiger partial charge in [0, 0.05) is 11.8 Å². The highest BCUT2D eigenvalue weighted by Crippen LogP contribution is 2.24. The third-order valence-electron chi connectivity index (χ3n) is 3.92. The van der Waals surface area contributed by atoms with Gasteiger partial charge in [-0.3, -0.25) is 4.79 Å². The van der Waals surface area contributed by atoms with Crippen molar-refractivity contribution < 1.29 is 9.53 Å². The van der Waals surface area contributed by atoms with Gasteiger partial charge in [0.05, 0.1) is 17.2 Å². The molecule has 1 N–H and O–H groups in total. The molecule has 2 atom stereocenters. The first-order valence-electron chi connectivity index (χ1n) is 7.69. The van der Waals surface area contributed by atoms with Crippen LogP contribution < -0.4 is 10.1 Å². The third-order valence-corrected chi connectivity index (χ3v) is 4.56. The number of nitrogens with one attached hydrogen (secondary N) is 1. The number of amides is 1. The number of carbonyl (C=O) groups is 1. The fraction of sp³-hybridized carbons (Fsp3) is 0.412. The number of hydrogen-bond donors (Lipinski definition) is 1. The van der Waals surface area contributed by atoms with E-state index in [1.165, 1.54) is 0 Å². The highest BCUT2D eigenvalue weighted by atomic mass is 32.1. The summed E-state index contributed by atoms with van der Waals surface area (Å²) >= 11 is 1.56. The lowest BCUT2D eigenvalue weighted by Crippen LogP contribution is -2.42. The van der Waals surface area contributed by atoms with E-state index in [9.17, 15) is 4.79 Å². The zero-order chi connectivity index (χ0) is 15.2. The van der Waals surface area contributed by atoms with Crippen LogP contribution in [0.15, 0.2) is 41.2 Å². The van der Waals surface area contributed by atoms with Gasteiger partial charge in [-0.15, -0.1) is 11.3 Å². The quantitative estimate of drug-likeness (QED) is 0.890. The number of para-hydroxylation sites is 1. The summed E-state index contributed by atoms with van der Waals surface area (Å²) in [6.07, 6.45) is 4.33. The summed E-state index contributed by atoms with van der Waals surface area (Å²) in [4.78, 5) is 16.3. The van der Waals surface area contributed by atoms with Crippen LogP contribution >= 0.6 is 11.3 Å². The molecule has 0 spiro atoms. The highest BCUT2D eigenvalue weighted by molar-refractivity contribution is 7.07. The van der Waals surface area contributed by atoms with Crippen LogP contribution in [0.4, 0.5) is 0 Å². The number of aromatic nitrogens is 1. The van der Waals surface area contributed by atoms with Gasteiger partial charge in [0.2, 0.25) is 5.91 Å². The normalized spacial score (nSPS) is 20.7. The van der Waals surface area contributed by atoms with Gasteiger partial charge in [-0.05, 0) is 37.8 Å². The number of ether oxygens (including phenoxy) is 1. The standard InChI is InChI=1S/C17H20N2O2S/c20-17(10-9-13-11-22-12-18-13)19-15-7-4-8-16(15)21-14-5-2-1-3-6-14/h1-3,5-6,11-12,15-16H,4,7-10H2,(H,19,20)/t15-,16-/m1/s1. The van der Waals surface area contributed by atoms with Gasteiger partial charge in [-0.25, -0.2) is 4.98 Å². The zero-order valence-corrected chi connectivity index (χ0v) is 13.2. The summed E-state index contributed by atoms with van der Waals surface area (Å²) in [6, 6.07) is 9.93. The van der Waals surface area contributed by atoms with E-state index < -0.39 is 0 Å². The molecule has 3 rings (SSSR count). The molecule has 1 aromatic heterocycles. The molecule has 1 amide bonds. The average Bonchev–Trinajstić information content (AvgIpc) is 3.19. The van der Waals surface area contributed by atoms with Crippen molar-refractivity contribution in [3.63, 3.8) is 0 Å². The molecule has 4 nitrogen and oxygen atoms in total. The Bertz CT molecular complexity index is 586. The monoisotopic (exact) mass is 316 g/mol. The molecule has 1 aliphatic carbocycles. The second kappa shape index (κ2) is 7.40. The van der Waals surface area contributed by atoms with Gasteiger partial charge in [0.1, 0.15) is 11.9 Å². The molecule has 0 aliphatic heterocycles. The summed E-state index contributed by atoms with van der Waals surface area (Å²) in [5.41, 5.74) is 2.79. The van der Waals surface area contributed by atoms with E-state index in [0.717, 1.165) is 30.7 Å². The minimum absolute atomic E-state index is 0.0747. The van der Waals surface area contributed by atoms with Gasteiger partial charge in [-0.2, -0.15) is 0 Å². The molecule has 0 radical (unpaired) electrons. The SMILES string of the molecule is O=C(CCc1cscn1)N[C@@H]1CCC[C@H]1Oc1ccccc1. The van der Waals surface area contributed by atoms with Gasteiger partial charge < -0.3 is 10.1 Å². The molecule has 0 saturated heterocycles. The molecule has 0 unspecified atom stereocenters. The molecule has 1 aliphatic rings. The summed E-state index contributed by atoms with van der Waals surface area (Å²) < 4.78 is 6.01. The second-order valence-electron chi connectivity index (χ2n) is 5.55. The van der Waals surface area contributed by atoms with Crippen LogP contribution in [-0.2, 0) is 11.2 Å². The molecule has 0 bridgehead atoms. The molecule has 1 aromatic carbocycles. The van der Waals surface area contributed by atoms with E-state index in [0.29, 0.717) is 12.8 Å². The molecule has 22 heavy (non-hydrogen) atoms. The van der Waals surface area contributed by atoms with Crippen molar-refractivity contribution in [1.29, 1.82) is 0 Å². The van der Waals surface area contributed by atoms with E-state index in [4.69, 9.17) is 4.74 Å². The third kappa shape index (κ3) is 4.07. The fourth-order valence-electron chi connectivity index (χ4n) is 2.79. The van der Waals surface area contributed by atoms with Crippen LogP contribution in [0, 0.1) is 0 Å². The number of carbonyl (C=O) groups excluding carboxylic acids is 1. The van der Waals surface area contributed by atoms with Crippen molar-refractivity contribution in [2.75, 3.05) is 0 Å². The Morgan fingerprint density at radius 3 is 2.95 bits per heavy atom. The Kier molecular flexibility index (Phi) is 5.06. The predicted molar refractivity (Wildman–Crippen MR) is 87.1 cm³/mol. The number of rotatable bonds is 6. The molecule has 1 heterocycles. The Morgan fingerprint density at radius 2 is 2.18 bits per heavy atom. The van der Waals surface area contributed by atoms with E-state index in [1.54, 1.807) is 16.8 Å². The molecule has 5 heteroatoms. The first kappa shape index (κ1) is 15.0. The Hall–Kier alpha value is -1.88. The van der Waals surface area contributed by atoms with Crippen molar-refractivity contribution in [1.82, 2.24) is 10.3 Å². The van der Waals surface area contributed by atoms with Gasteiger partial charge in [-0.1, -0.05) is 18.2 Å². The first-order valence-corrected chi connectivity index (χ1v) is 8.63. The van der Waals surface area contributed by atoms with E-state index >= 15 is 0 Å². The number of nitrogens with zero attached hydrogens (tertiary/aromatic N) is 1. The molecule has 116 valence electrons. The molecule has 1 saturated carbocycles. The fourth-order valence-corrected chi connectivity index (χ4v) is 3.38. The number of hydrogen-bond acceptors (Lipinski definition) is 4. The van der Waals surface area contributed by atoms with Crippen LogP contribution in [0.5, 0.6) is 5.75 Å². The van der Waals surface area contributed by atoms with Gasteiger partial charge in [0.25, 0.3) is 0 Å². The number of benzene rings is 1. The lowest BCUT2D eigenvalue weighted by molar-refractivity contribution is -0.122. The molecular formula is C17H20N2O2S. The Labute approximate surface area is 134 Å². The summed E-state index contributed by atoms with van der Waals surface area (Å²) in [7, 11) is 0. The van der Waals surface area contributed by atoms with Crippen molar-refractivity contribution >= 4 is 17.2 Å². The van der Waals surface area contributed by atoms with Crippen LogP contribution in [0.1, 0.15) is 31.4 Å². The average molecular weight is 316 g/mol. The Morgan fingerprint density at radius 1 is 1.32 bits per heavy atom. The maximum Gasteiger partial charge on any atom is 0.220 e. The van der Waals surface area contributed by atoms with Crippen molar-refractivity contribution in [2.24, 2.45) is 0 Å². The summed E-state index contributed by atoms with van der Waals surface area (Å²) in [5, 5.41) is 5.11. The summed E-state index contributed by atoms with van der Waals surface area (Å²) in [5.74, 6) is 0.956. The maximum absolute atomic E-state index is 12.1. The van der Waals surface area contributed by atoms with E-state index in [1.807, 2.05) is 35.7 Å². The Balaban J connectivity index is 1.49. The topological polar surface area (TPSA) is 51.2 Å². The first-order chi connectivity index (χ1) is 10.8. The van der Waals surface area contributed by atoms with Crippen LogP contribution in [0.3, 0.4) is 0 Å². The number of thiazole rings is 1. The van der Waals surface area contributed by atoms with Gasteiger partial charge >= 0.3 is 0 Å². The lowest BCUT2D eigenvalue weighted by Gasteiger charge is -2.22. The lowest BCUT2D eigenvalue weighted by atomic mass is 10.2. The van der Waals surface area contributed by atoms with Crippen molar-refractivity contribution in [3.05, 3.63) is 46.9 Å². The molecule has 2 aromatic rings. The van der Waals surface area contributed by atoms with Gasteiger partial charge in [0.15, 0.2) is 0 Å². The van der Waals surface area contributed by atoms with Crippen LogP contribution in [-0.4, -0.2) is 23.0 Å². The van der Waals surface area contributed by atoms with Crippen LogP contribution in [0.2, 0.25) is 0 Å². The van der Waals surface area contributed by atoms with E-state index in [2.05, 4.69) is 10.3 Å². The smallest absolute Gasteiger partial charge is 0.220 e. The predicted octanol–water partition coefficient (Wildman–Crippen LogP) is 3.19. The highest BCUT2D eigenvalue weighted by Gasteiger charge is 2.30.